The van der Waals surface area contributed by atoms with E-state index in [-0.39, 0.29) is 16.9 Å². The summed E-state index contributed by atoms with van der Waals surface area (Å²) in [5, 5.41) is 5.52. The molecule has 8 heteroatoms. The van der Waals surface area contributed by atoms with E-state index in [1.807, 2.05) is 19.1 Å². The van der Waals surface area contributed by atoms with E-state index in [0.29, 0.717) is 45.4 Å². The molecule has 6 nitrogen and oxygen atoms in total. The molecule has 0 bridgehead atoms. The fourth-order valence-electron chi connectivity index (χ4n) is 3.18. The van der Waals surface area contributed by atoms with Crippen LogP contribution in [0.4, 0.5) is 0 Å². The molecule has 0 aliphatic carbocycles. The maximum absolute atomic E-state index is 13.4. The number of nitrogens with zero attached hydrogens (tertiary/aromatic N) is 3. The van der Waals surface area contributed by atoms with Gasteiger partial charge in [0.2, 0.25) is 0 Å². The van der Waals surface area contributed by atoms with Crippen LogP contribution in [0, 0.1) is 5.41 Å². The number of hydrogen-bond acceptors (Lipinski definition) is 5. The molecule has 0 aliphatic heterocycles. The third-order valence-electron chi connectivity index (χ3n) is 5.12. The summed E-state index contributed by atoms with van der Waals surface area (Å²) in [5.74, 6) is 1.66. The van der Waals surface area contributed by atoms with Crippen molar-refractivity contribution in [3.8, 4) is 11.5 Å². The summed E-state index contributed by atoms with van der Waals surface area (Å²) in [4.78, 5) is 18.1. The van der Waals surface area contributed by atoms with Gasteiger partial charge < -0.3 is 9.47 Å². The van der Waals surface area contributed by atoms with Gasteiger partial charge >= 0.3 is 0 Å². The smallest absolute Gasteiger partial charge is 0.282 e. The van der Waals surface area contributed by atoms with Crippen molar-refractivity contribution in [2.75, 3.05) is 13.7 Å². The van der Waals surface area contributed by atoms with Crippen molar-refractivity contribution in [2.45, 2.75) is 47.0 Å². The molecule has 0 fully saturated rings. The lowest BCUT2D eigenvalue weighted by molar-refractivity contribution is 0.191. The molecule has 3 aromatic rings. The highest BCUT2D eigenvalue weighted by molar-refractivity contribution is 9.10. The number of methoxy groups -OCH3 is 1. The number of rotatable bonds is 7. The molecule has 1 heterocycles. The van der Waals surface area contributed by atoms with Crippen LogP contribution in [-0.4, -0.2) is 29.6 Å². The lowest BCUT2D eigenvalue weighted by Crippen LogP contribution is -2.24. The molecule has 0 unspecified atom stereocenters. The van der Waals surface area contributed by atoms with Crippen LogP contribution in [0.5, 0.6) is 11.5 Å². The normalized spacial score (nSPS) is 13.0. The van der Waals surface area contributed by atoms with Crippen molar-refractivity contribution in [1.82, 2.24) is 9.66 Å². The lowest BCUT2D eigenvalue weighted by atomic mass is 9.98. The van der Waals surface area contributed by atoms with Crippen LogP contribution >= 0.6 is 27.5 Å². The summed E-state index contributed by atoms with van der Waals surface area (Å²) in [6, 6.07) is 8.91. The molecule has 176 valence electrons. The predicted octanol–water partition coefficient (Wildman–Crippen LogP) is 6.64. The van der Waals surface area contributed by atoms with Gasteiger partial charge in [0, 0.05) is 27.0 Å². The van der Waals surface area contributed by atoms with Gasteiger partial charge in [0.1, 0.15) is 5.82 Å². The first-order chi connectivity index (χ1) is 15.5. The highest BCUT2D eigenvalue weighted by Gasteiger charge is 2.18. The largest absolute Gasteiger partial charge is 0.493 e. The number of aromatic nitrogens is 2. The zero-order valence-electron chi connectivity index (χ0n) is 19.8. The summed E-state index contributed by atoms with van der Waals surface area (Å²) in [6.07, 6.45) is 2.39. The van der Waals surface area contributed by atoms with E-state index in [9.17, 15) is 4.79 Å². The Kier molecular flexibility index (Phi) is 7.85. The van der Waals surface area contributed by atoms with E-state index >= 15 is 0 Å². The zero-order chi connectivity index (χ0) is 24.3. The minimum Gasteiger partial charge on any atom is -0.493 e. The maximum Gasteiger partial charge on any atom is 0.282 e. The van der Waals surface area contributed by atoms with Gasteiger partial charge in [-0.1, -0.05) is 62.1 Å². The Morgan fingerprint density at radius 1 is 1.27 bits per heavy atom. The molecule has 0 aliphatic rings. The molecular weight excluding hydrogens is 506 g/mol. The topological polar surface area (TPSA) is 65.7 Å². The molecule has 0 N–H and O–H groups in total. The van der Waals surface area contributed by atoms with E-state index in [1.165, 1.54) is 4.68 Å². The number of benzene rings is 2. The Bertz CT molecular complexity index is 1250. The van der Waals surface area contributed by atoms with Crippen molar-refractivity contribution in [3.63, 3.8) is 0 Å². The zero-order valence-corrected chi connectivity index (χ0v) is 22.1. The van der Waals surface area contributed by atoms with Crippen LogP contribution < -0.4 is 15.0 Å². The monoisotopic (exact) mass is 533 g/mol. The van der Waals surface area contributed by atoms with Crippen LogP contribution in [0.3, 0.4) is 0 Å². The first kappa shape index (κ1) is 25.2. The van der Waals surface area contributed by atoms with Gasteiger partial charge in [0.15, 0.2) is 11.5 Å². The SMILES string of the molecule is CC[C@H](C)c1nc2ccc(Br)cc2c(=O)n1N=Cc1cc(Cl)cc(OC)c1OCC(C)(C)C. The Labute approximate surface area is 207 Å². The van der Waals surface area contributed by atoms with Gasteiger partial charge in [-0.25, -0.2) is 4.98 Å². The number of ether oxygens (including phenoxy) is 2. The summed E-state index contributed by atoms with van der Waals surface area (Å²) in [6.45, 7) is 10.8. The summed E-state index contributed by atoms with van der Waals surface area (Å²) >= 11 is 9.76. The summed E-state index contributed by atoms with van der Waals surface area (Å²) < 4.78 is 13.8. The van der Waals surface area contributed by atoms with E-state index in [1.54, 1.807) is 31.5 Å². The maximum atomic E-state index is 13.4. The highest BCUT2D eigenvalue weighted by Crippen LogP contribution is 2.35. The Morgan fingerprint density at radius 2 is 2.00 bits per heavy atom. The molecule has 0 saturated carbocycles. The minimum absolute atomic E-state index is 0.0356. The van der Waals surface area contributed by atoms with Crippen molar-refractivity contribution >= 4 is 44.6 Å². The van der Waals surface area contributed by atoms with Crippen LogP contribution in [-0.2, 0) is 0 Å². The van der Waals surface area contributed by atoms with Crippen LogP contribution in [0.25, 0.3) is 10.9 Å². The fourth-order valence-corrected chi connectivity index (χ4v) is 3.76. The first-order valence-corrected chi connectivity index (χ1v) is 12.0. The molecule has 0 amide bonds. The Hall–Kier alpha value is -2.38. The number of fused-ring (bicyclic) bond motifs is 1. The molecule has 0 saturated heterocycles. The Balaban J connectivity index is 2.18. The van der Waals surface area contributed by atoms with Gasteiger partial charge in [-0.2, -0.15) is 9.78 Å². The number of halogens is 2. The third-order valence-corrected chi connectivity index (χ3v) is 5.83. The standard InChI is InChI=1S/C25H29BrClN3O3/c1-7-15(2)23-29-20-9-8-17(26)11-19(20)24(31)30(23)28-13-16-10-18(27)12-21(32-6)22(16)33-14-25(3,4)5/h8-13,15H,7,14H2,1-6H3/t15-/m0/s1. The van der Waals surface area contributed by atoms with Gasteiger partial charge in [0.05, 0.1) is 30.8 Å². The summed E-state index contributed by atoms with van der Waals surface area (Å²) in [7, 11) is 1.56. The molecule has 0 spiro atoms. The van der Waals surface area contributed by atoms with Gasteiger partial charge in [-0.05, 0) is 36.1 Å². The second-order valence-corrected chi connectivity index (χ2v) is 10.5. The number of hydrogen-bond donors (Lipinski definition) is 0. The van der Waals surface area contributed by atoms with Crippen molar-refractivity contribution in [2.24, 2.45) is 10.5 Å². The van der Waals surface area contributed by atoms with Crippen molar-refractivity contribution in [3.05, 3.63) is 61.6 Å². The van der Waals surface area contributed by atoms with Crippen molar-refractivity contribution < 1.29 is 9.47 Å². The quantitative estimate of drug-likeness (QED) is 0.319. The molecular formula is C25H29BrClN3O3. The molecule has 3 rings (SSSR count). The highest BCUT2D eigenvalue weighted by atomic mass is 79.9. The third kappa shape index (κ3) is 5.95. The van der Waals surface area contributed by atoms with Crippen LogP contribution in [0.15, 0.2) is 44.7 Å². The van der Waals surface area contributed by atoms with E-state index in [0.717, 1.165) is 10.9 Å². The Morgan fingerprint density at radius 3 is 2.64 bits per heavy atom. The lowest BCUT2D eigenvalue weighted by Gasteiger charge is -2.21. The molecule has 2 aromatic carbocycles. The molecule has 33 heavy (non-hydrogen) atoms. The summed E-state index contributed by atoms with van der Waals surface area (Å²) in [5.41, 5.74) is 0.956. The van der Waals surface area contributed by atoms with Crippen LogP contribution in [0.2, 0.25) is 5.02 Å². The van der Waals surface area contributed by atoms with Gasteiger partial charge in [-0.15, -0.1) is 0 Å². The van der Waals surface area contributed by atoms with Crippen molar-refractivity contribution in [1.29, 1.82) is 0 Å². The second-order valence-electron chi connectivity index (χ2n) is 9.18. The average Bonchev–Trinajstić information content (AvgIpc) is 2.76. The van der Waals surface area contributed by atoms with Gasteiger partial charge in [0.25, 0.3) is 5.56 Å². The van der Waals surface area contributed by atoms with Gasteiger partial charge in [-0.3, -0.25) is 4.79 Å². The molecule has 1 atom stereocenters. The predicted molar refractivity (Wildman–Crippen MR) is 138 cm³/mol. The molecule has 1 aromatic heterocycles. The first-order valence-electron chi connectivity index (χ1n) is 10.8. The van der Waals surface area contributed by atoms with E-state index in [2.05, 4.69) is 48.7 Å². The van der Waals surface area contributed by atoms with Crippen LogP contribution in [0.1, 0.15) is 58.3 Å². The molecule has 0 radical (unpaired) electrons. The van der Waals surface area contributed by atoms with E-state index in [4.69, 9.17) is 26.1 Å². The average molecular weight is 535 g/mol. The van der Waals surface area contributed by atoms with E-state index < -0.39 is 0 Å². The fraction of sp³-hybridized carbons (Fsp3) is 0.400. The second kappa shape index (κ2) is 10.3. The minimum atomic E-state index is -0.237.